The number of aromatic nitrogens is 1. The Labute approximate surface area is 181 Å². The van der Waals surface area contributed by atoms with Gasteiger partial charge in [0.1, 0.15) is 12.6 Å². The first-order valence-corrected chi connectivity index (χ1v) is 10.1. The van der Waals surface area contributed by atoms with Gasteiger partial charge in [0, 0.05) is 45.7 Å². The molecule has 0 spiro atoms. The molecule has 3 N–H and O–H groups in total. The summed E-state index contributed by atoms with van der Waals surface area (Å²) in [6.07, 6.45) is 1.72. The molecule has 9 nitrogen and oxygen atoms in total. The van der Waals surface area contributed by atoms with Gasteiger partial charge in [-0.2, -0.15) is 10.3 Å². The van der Waals surface area contributed by atoms with Crippen molar-refractivity contribution in [3.8, 4) is 0 Å². The Bertz CT molecular complexity index is 1240. The molecule has 5 rings (SSSR count). The van der Waals surface area contributed by atoms with E-state index in [-0.39, 0.29) is 24.0 Å². The van der Waals surface area contributed by atoms with Crippen molar-refractivity contribution in [1.82, 2.24) is 14.9 Å². The molecule has 10 heteroatoms. The molecule has 3 heterocycles. The van der Waals surface area contributed by atoms with Crippen molar-refractivity contribution in [1.29, 1.82) is 0 Å². The van der Waals surface area contributed by atoms with Gasteiger partial charge in [0.2, 0.25) is 5.91 Å². The van der Waals surface area contributed by atoms with Gasteiger partial charge in [-0.25, -0.2) is 10.2 Å². The molecule has 31 heavy (non-hydrogen) atoms. The van der Waals surface area contributed by atoms with Crippen molar-refractivity contribution >= 4 is 46.2 Å². The predicted molar refractivity (Wildman–Crippen MR) is 113 cm³/mol. The van der Waals surface area contributed by atoms with Crippen molar-refractivity contribution in [2.24, 2.45) is 5.10 Å². The van der Waals surface area contributed by atoms with Gasteiger partial charge in [-0.15, -0.1) is 0 Å². The smallest absolute Gasteiger partial charge is 0.266 e. The highest BCUT2D eigenvalue weighted by atomic mass is 35.5. The molecule has 0 radical (unpaired) electrons. The number of aromatic amines is 1. The first kappa shape index (κ1) is 19.7. The van der Waals surface area contributed by atoms with Crippen LogP contribution in [-0.2, 0) is 22.6 Å². The molecule has 2 aliphatic heterocycles. The summed E-state index contributed by atoms with van der Waals surface area (Å²) >= 11 is 6.13. The zero-order valence-electron chi connectivity index (χ0n) is 16.2. The van der Waals surface area contributed by atoms with E-state index in [2.05, 4.69) is 10.1 Å². The van der Waals surface area contributed by atoms with E-state index in [1.807, 2.05) is 24.3 Å². The summed E-state index contributed by atoms with van der Waals surface area (Å²) in [7, 11) is 0. The van der Waals surface area contributed by atoms with E-state index >= 15 is 0 Å². The van der Waals surface area contributed by atoms with E-state index in [1.165, 1.54) is 24.4 Å². The van der Waals surface area contributed by atoms with Gasteiger partial charge in [-0.05, 0) is 17.7 Å². The third kappa shape index (κ3) is 3.37. The Morgan fingerprint density at radius 2 is 2.03 bits per heavy atom. The summed E-state index contributed by atoms with van der Waals surface area (Å²) in [6, 6.07) is 11.4. The summed E-state index contributed by atoms with van der Waals surface area (Å²) in [5.41, 5.74) is 3.38. The third-order valence-electron chi connectivity index (χ3n) is 5.73. The molecule has 0 saturated carbocycles. The number of carbonyl (C=O) groups excluding carboxylic acids is 2. The number of H-pyrrole nitrogens is 1. The molecule has 2 atom stereocenters. The van der Waals surface area contributed by atoms with Crippen LogP contribution in [0.2, 0.25) is 5.02 Å². The Balaban J connectivity index is 1.43. The van der Waals surface area contributed by atoms with Gasteiger partial charge >= 0.3 is 0 Å². The van der Waals surface area contributed by atoms with Crippen LogP contribution in [0.4, 0.5) is 5.69 Å². The summed E-state index contributed by atoms with van der Waals surface area (Å²) in [4.78, 5) is 30.8. The molecule has 1 saturated heterocycles. The fraction of sp³-hybridized carbons (Fsp3) is 0.190. The minimum Gasteiger partial charge on any atom is -0.595 e. The van der Waals surface area contributed by atoms with Crippen LogP contribution in [0.15, 0.2) is 47.6 Å². The molecule has 1 fully saturated rings. The Morgan fingerprint density at radius 3 is 2.84 bits per heavy atom. The van der Waals surface area contributed by atoms with Crippen LogP contribution in [0.5, 0.6) is 0 Å². The maximum absolute atomic E-state index is 13.1. The number of piperazine rings is 1. The number of para-hydroxylation sites is 1. The first-order valence-electron chi connectivity index (χ1n) is 9.68. The van der Waals surface area contributed by atoms with Crippen molar-refractivity contribution < 1.29 is 20.0 Å². The Morgan fingerprint density at radius 1 is 1.23 bits per heavy atom. The predicted octanol–water partition coefficient (Wildman–Crippen LogP) is 1.35. The van der Waals surface area contributed by atoms with Gasteiger partial charge in [0.05, 0.1) is 12.8 Å². The number of quaternary nitrogens is 1. The van der Waals surface area contributed by atoms with Crippen LogP contribution in [0, 0.1) is 5.21 Å². The molecule has 2 amide bonds. The van der Waals surface area contributed by atoms with E-state index in [0.717, 1.165) is 27.2 Å². The van der Waals surface area contributed by atoms with Gasteiger partial charge in [0.15, 0.2) is 5.69 Å². The number of amides is 2. The normalized spacial score (nSPS) is 19.8. The number of nitrogens with zero attached hydrogens (tertiary/aromatic N) is 3. The second-order valence-corrected chi connectivity index (χ2v) is 7.96. The van der Waals surface area contributed by atoms with Crippen molar-refractivity contribution in [2.75, 3.05) is 6.54 Å². The number of carbonyl (C=O) groups is 2. The highest BCUT2D eigenvalue weighted by Crippen LogP contribution is 2.32. The SMILES string of the molecule is O=C1C2Cc3c([nH]c4ccccc34)CN2C(=O)CN1N=Cc1cc([NH+]([O-])O)ccc1Cl. The number of hydrazone groups is 1. The van der Waals surface area contributed by atoms with Gasteiger partial charge < -0.3 is 15.1 Å². The molecule has 2 aromatic carbocycles. The summed E-state index contributed by atoms with van der Waals surface area (Å²) in [5, 5.41) is 25.9. The number of fused-ring (bicyclic) bond motifs is 4. The van der Waals surface area contributed by atoms with Crippen molar-refractivity contribution in [3.63, 3.8) is 0 Å². The fourth-order valence-corrected chi connectivity index (χ4v) is 4.33. The second kappa shape index (κ2) is 7.47. The van der Waals surface area contributed by atoms with Gasteiger partial charge in [0.25, 0.3) is 5.91 Å². The van der Waals surface area contributed by atoms with E-state index < -0.39 is 11.3 Å². The fourth-order valence-electron chi connectivity index (χ4n) is 4.16. The minimum absolute atomic E-state index is 0.0530. The van der Waals surface area contributed by atoms with Gasteiger partial charge in [-0.3, -0.25) is 9.59 Å². The van der Waals surface area contributed by atoms with E-state index in [0.29, 0.717) is 23.6 Å². The molecule has 2 unspecified atom stereocenters. The number of nitrogens with one attached hydrogen (secondary N) is 2. The molecular weight excluding hydrogens is 422 g/mol. The van der Waals surface area contributed by atoms with E-state index in [4.69, 9.17) is 16.8 Å². The molecule has 0 aliphatic carbocycles. The Kier molecular flexibility index (Phi) is 4.75. The third-order valence-corrected chi connectivity index (χ3v) is 6.07. The summed E-state index contributed by atoms with van der Waals surface area (Å²) in [6.45, 7) is 0.168. The maximum atomic E-state index is 13.1. The molecule has 1 aromatic heterocycles. The summed E-state index contributed by atoms with van der Waals surface area (Å²) in [5.74, 6) is -0.478. The van der Waals surface area contributed by atoms with Crippen LogP contribution >= 0.6 is 11.6 Å². The lowest BCUT2D eigenvalue weighted by atomic mass is 9.94. The minimum atomic E-state index is -1.09. The highest BCUT2D eigenvalue weighted by molar-refractivity contribution is 6.33. The largest absolute Gasteiger partial charge is 0.595 e. The van der Waals surface area contributed by atoms with Crippen LogP contribution < -0.4 is 5.23 Å². The van der Waals surface area contributed by atoms with Crippen molar-refractivity contribution in [3.05, 3.63) is 69.5 Å². The number of hydrogen-bond acceptors (Lipinski definition) is 5. The molecular formula is C21H18ClN5O4. The second-order valence-electron chi connectivity index (χ2n) is 7.55. The first-order chi connectivity index (χ1) is 14.9. The number of hydrogen-bond donors (Lipinski definition) is 3. The standard InChI is InChI=1S/C21H18ClN5O4/c22-16-6-5-13(27(30)31)7-12(16)9-23-26-11-20(28)25-10-18-15(8-19(25)21(26)29)14-3-1-2-4-17(14)24-18/h1-7,9,19,24,27,30H,8,10-11H2. The number of rotatable bonds is 3. The zero-order chi connectivity index (χ0) is 21.7. The van der Waals surface area contributed by atoms with Crippen LogP contribution in [0.25, 0.3) is 10.9 Å². The molecule has 3 aromatic rings. The molecule has 2 aliphatic rings. The molecule has 158 valence electrons. The maximum Gasteiger partial charge on any atom is 0.266 e. The average molecular weight is 440 g/mol. The van der Waals surface area contributed by atoms with E-state index in [1.54, 1.807) is 4.90 Å². The lowest BCUT2D eigenvalue weighted by Gasteiger charge is -2.40. The molecule has 0 bridgehead atoms. The Hall–Kier alpha value is -3.24. The monoisotopic (exact) mass is 439 g/mol. The number of benzene rings is 2. The van der Waals surface area contributed by atoms with Crippen LogP contribution in [-0.4, -0.2) is 50.7 Å². The lowest BCUT2D eigenvalue weighted by molar-refractivity contribution is -0.991. The van der Waals surface area contributed by atoms with Crippen LogP contribution in [0.1, 0.15) is 16.8 Å². The van der Waals surface area contributed by atoms with Crippen molar-refractivity contribution in [2.45, 2.75) is 19.0 Å². The lowest BCUT2D eigenvalue weighted by Crippen LogP contribution is -2.99. The topological polar surface area (TPSA) is 117 Å². The van der Waals surface area contributed by atoms with Gasteiger partial charge in [-0.1, -0.05) is 29.8 Å². The van der Waals surface area contributed by atoms with Crippen LogP contribution in [0.3, 0.4) is 0 Å². The van der Waals surface area contributed by atoms with E-state index in [9.17, 15) is 14.8 Å². The number of halogens is 1. The quantitative estimate of drug-likeness (QED) is 0.422. The zero-order valence-corrected chi connectivity index (χ0v) is 17.0. The highest BCUT2D eigenvalue weighted by Gasteiger charge is 2.43. The average Bonchev–Trinajstić information content (AvgIpc) is 3.12. The summed E-state index contributed by atoms with van der Waals surface area (Å²) < 4.78 is 0.